The number of ether oxygens (including phenoxy) is 1. The average molecular weight is 610 g/mol. The van der Waals surface area contributed by atoms with Crippen LogP contribution in [0.4, 0.5) is 5.69 Å². The van der Waals surface area contributed by atoms with Gasteiger partial charge in [-0.15, -0.1) is 0 Å². The second kappa shape index (κ2) is 11.2. The first-order valence-electron chi connectivity index (χ1n) is 14.5. The molecular weight excluding hydrogens is 574 g/mol. The maximum Gasteiger partial charge on any atom is 0.216 e. The molecule has 0 aliphatic rings. The highest BCUT2D eigenvalue weighted by atomic mass is 16.5. The highest BCUT2D eigenvalue weighted by Crippen LogP contribution is 2.53. The lowest BCUT2D eigenvalue weighted by Gasteiger charge is -2.23. The van der Waals surface area contributed by atoms with Crippen molar-refractivity contribution in [2.24, 2.45) is 0 Å². The van der Waals surface area contributed by atoms with Crippen LogP contribution in [0.25, 0.3) is 32.7 Å². The number of carbonyl (C=O) groups is 1. The Morgan fingerprint density at radius 2 is 1.31 bits per heavy atom. The summed E-state index contributed by atoms with van der Waals surface area (Å²) >= 11 is 0. The number of phenolic OH excluding ortho intramolecular Hbond substituents is 5. The monoisotopic (exact) mass is 609 g/mol. The Morgan fingerprint density at radius 3 is 1.84 bits per heavy atom. The van der Waals surface area contributed by atoms with Crippen molar-refractivity contribution in [3.05, 3.63) is 75.5 Å². The zero-order chi connectivity index (χ0) is 33.1. The zero-order valence-corrected chi connectivity index (χ0v) is 25.9. The summed E-state index contributed by atoms with van der Waals surface area (Å²) in [6, 6.07) is 11.2. The van der Waals surface area contributed by atoms with Gasteiger partial charge in [0.2, 0.25) is 5.69 Å². The van der Waals surface area contributed by atoms with E-state index in [1.807, 2.05) is 33.8 Å². The first-order chi connectivity index (χ1) is 21.2. The van der Waals surface area contributed by atoms with Crippen LogP contribution in [-0.2, 0) is 0 Å². The summed E-state index contributed by atoms with van der Waals surface area (Å²) in [7, 11) is 0. The van der Waals surface area contributed by atoms with Crippen LogP contribution in [0.5, 0.6) is 40.2 Å². The molecule has 232 valence electrons. The predicted octanol–water partition coefficient (Wildman–Crippen LogP) is 8.50. The zero-order valence-electron chi connectivity index (χ0n) is 25.9. The number of aldehydes is 1. The molecule has 5 N–H and O–H groups in total. The molecule has 0 atom stereocenters. The van der Waals surface area contributed by atoms with E-state index in [0.29, 0.717) is 60.9 Å². The molecule has 0 spiro atoms. The quantitative estimate of drug-likeness (QED) is 0.0307. The van der Waals surface area contributed by atoms with Gasteiger partial charge in [-0.2, -0.15) is 4.74 Å². The molecule has 0 saturated carbocycles. The van der Waals surface area contributed by atoms with E-state index < -0.39 is 11.5 Å². The van der Waals surface area contributed by atoms with Gasteiger partial charge in [-0.1, -0.05) is 39.8 Å². The number of hydrogen-bond acceptors (Lipinski definition) is 8. The van der Waals surface area contributed by atoms with Gasteiger partial charge < -0.3 is 35.5 Å². The fourth-order valence-corrected chi connectivity index (χ4v) is 6.24. The highest BCUT2D eigenvalue weighted by molar-refractivity contribution is 6.12. The van der Waals surface area contributed by atoms with Crippen LogP contribution in [0.1, 0.15) is 72.1 Å². The van der Waals surface area contributed by atoms with Crippen molar-refractivity contribution in [1.29, 1.82) is 0 Å². The van der Waals surface area contributed by atoms with Crippen LogP contribution in [-0.4, -0.2) is 43.3 Å². The molecule has 0 aliphatic carbocycles. The Hall–Kier alpha value is -5.44. The molecule has 0 aromatic heterocycles. The number of nitrogens with zero attached hydrogens (tertiary/aromatic N) is 1. The number of phenols is 5. The number of benzene rings is 5. The van der Waals surface area contributed by atoms with E-state index in [1.54, 1.807) is 44.2 Å². The Balaban J connectivity index is 1.80. The molecule has 45 heavy (non-hydrogen) atoms. The van der Waals surface area contributed by atoms with Gasteiger partial charge >= 0.3 is 0 Å². The highest BCUT2D eigenvalue weighted by Gasteiger charge is 2.28. The number of carbonyl (C=O) groups excluding carboxylic acids is 1. The topological polar surface area (TPSA) is 154 Å². The van der Waals surface area contributed by atoms with Crippen molar-refractivity contribution in [1.82, 2.24) is 0 Å². The Labute approximate surface area is 260 Å². The van der Waals surface area contributed by atoms with Crippen LogP contribution >= 0.6 is 0 Å². The molecular formula is C36H35NO8. The molecule has 0 amide bonds. The summed E-state index contributed by atoms with van der Waals surface area (Å²) in [5.74, 6) is -1.66. The van der Waals surface area contributed by atoms with Gasteiger partial charge in [-0.25, -0.2) is 0 Å². The van der Waals surface area contributed by atoms with Crippen molar-refractivity contribution in [3.8, 4) is 51.4 Å². The average Bonchev–Trinajstić information content (AvgIpc) is 2.96. The summed E-state index contributed by atoms with van der Waals surface area (Å²) in [6.45, 7) is 14.3. The number of hydrogen-bond donors (Lipinski definition) is 5. The van der Waals surface area contributed by atoms with Gasteiger partial charge in [0.15, 0.2) is 29.3 Å². The van der Waals surface area contributed by atoms with Gasteiger partial charge in [0.1, 0.15) is 24.0 Å². The van der Waals surface area contributed by atoms with Crippen molar-refractivity contribution in [2.45, 2.75) is 53.4 Å². The van der Waals surface area contributed by atoms with E-state index >= 15 is 0 Å². The van der Waals surface area contributed by atoms with Crippen LogP contribution < -0.4 is 4.74 Å². The van der Waals surface area contributed by atoms with Crippen molar-refractivity contribution in [2.75, 3.05) is 0 Å². The van der Waals surface area contributed by atoms with E-state index in [0.717, 1.165) is 0 Å². The van der Waals surface area contributed by atoms with E-state index in [1.165, 1.54) is 6.07 Å². The summed E-state index contributed by atoms with van der Waals surface area (Å²) in [5, 5.41) is 69.1. The molecule has 0 radical (unpaired) electrons. The first-order valence-corrected chi connectivity index (χ1v) is 14.5. The molecule has 9 heteroatoms. The summed E-state index contributed by atoms with van der Waals surface area (Å²) in [4.78, 5) is 12.1. The fraction of sp³-hybridized carbons (Fsp3) is 0.222. The van der Waals surface area contributed by atoms with Crippen molar-refractivity contribution in [3.63, 3.8) is 0 Å². The minimum atomic E-state index is -0.629. The minimum absolute atomic E-state index is 0.0583. The molecule has 0 saturated heterocycles. The lowest BCUT2D eigenvalue weighted by atomic mass is 9.84. The number of rotatable bonds is 7. The Kier molecular flexibility index (Phi) is 7.74. The third-order valence-corrected chi connectivity index (χ3v) is 8.25. The van der Waals surface area contributed by atoms with E-state index in [2.05, 4.69) is 6.72 Å². The van der Waals surface area contributed by atoms with Crippen molar-refractivity contribution >= 4 is 40.2 Å². The molecule has 0 unspecified atom stereocenters. The number of aromatic hydroxyl groups is 5. The van der Waals surface area contributed by atoms with Gasteiger partial charge in [-0.3, -0.25) is 4.79 Å². The lowest BCUT2D eigenvalue weighted by molar-refractivity contribution is -0.349. The second-order valence-electron chi connectivity index (χ2n) is 11.9. The molecule has 9 nitrogen and oxygen atoms in total. The van der Waals surface area contributed by atoms with E-state index in [4.69, 9.17) is 4.74 Å². The molecule has 0 aliphatic heterocycles. The van der Waals surface area contributed by atoms with Crippen LogP contribution in [0.2, 0.25) is 0 Å². The largest absolute Gasteiger partial charge is 0.619 e. The molecule has 5 rings (SSSR count). The summed E-state index contributed by atoms with van der Waals surface area (Å²) < 4.78 is 6.59. The fourth-order valence-electron chi connectivity index (χ4n) is 6.24. The molecule has 5 aromatic carbocycles. The van der Waals surface area contributed by atoms with Gasteiger partial charge in [0.05, 0.1) is 5.56 Å². The Bertz CT molecular complexity index is 2040. The minimum Gasteiger partial charge on any atom is -0.619 e. The van der Waals surface area contributed by atoms with Gasteiger partial charge in [0.25, 0.3) is 0 Å². The van der Waals surface area contributed by atoms with E-state index in [9.17, 15) is 35.5 Å². The molecule has 0 fully saturated rings. The summed E-state index contributed by atoms with van der Waals surface area (Å²) in [6.07, 6.45) is 0.380. The van der Waals surface area contributed by atoms with Gasteiger partial charge in [0, 0.05) is 45.2 Å². The van der Waals surface area contributed by atoms with Crippen molar-refractivity contribution < 1.29 is 39.8 Å². The SMILES string of the molecule is C=[N+]([O-])c1ccc(Oc2c(O)cc3c(O)c(-c4c(C)cc5c(C(C)C)c(O)c(O)c(C=O)c5c4O)c(C)cc3c2C(C)C)cc1. The van der Waals surface area contributed by atoms with Crippen LogP contribution in [0.15, 0.2) is 42.5 Å². The Morgan fingerprint density at radius 1 is 0.756 bits per heavy atom. The van der Waals surface area contributed by atoms with Gasteiger partial charge in [-0.05, 0) is 65.8 Å². The van der Waals surface area contributed by atoms with Crippen LogP contribution in [0, 0.1) is 19.1 Å². The first kappa shape index (κ1) is 31.0. The standard InChI is InChI=1S/C36H35NO8/c1-16(2)27-24-13-19(6)30(34(42)31(24)25(15-38)33(41)35(27)43)29-18(5)12-22-23(32(29)40)14-26(39)36(28(22)17(3)4)45-21-10-8-20(9-11-21)37(7)44/h8-17,39-43H,7H2,1-6H3. The van der Waals surface area contributed by atoms with Crippen LogP contribution in [0.3, 0.4) is 0 Å². The lowest BCUT2D eigenvalue weighted by Crippen LogP contribution is -2.00. The third-order valence-electron chi connectivity index (χ3n) is 8.25. The smallest absolute Gasteiger partial charge is 0.216 e. The molecule has 0 bridgehead atoms. The second-order valence-corrected chi connectivity index (χ2v) is 11.9. The molecule has 0 heterocycles. The van der Waals surface area contributed by atoms with E-state index in [-0.39, 0.29) is 56.9 Å². The maximum atomic E-state index is 12.1. The normalized spacial score (nSPS) is 11.6. The summed E-state index contributed by atoms with van der Waals surface area (Å²) in [5.41, 5.74) is 2.74. The number of aryl methyl sites for hydroxylation is 2. The maximum absolute atomic E-state index is 12.1. The predicted molar refractivity (Wildman–Crippen MR) is 175 cm³/mol. The third kappa shape index (κ3) is 4.90. The number of fused-ring (bicyclic) bond motifs is 2. The molecule has 5 aromatic rings.